The van der Waals surface area contributed by atoms with Crippen LogP contribution in [-0.4, -0.2) is 18.6 Å². The molecule has 0 aliphatic rings. The topological polar surface area (TPSA) is 51.5 Å². The van der Waals surface area contributed by atoms with Crippen LogP contribution in [0, 0.1) is 6.92 Å². The number of benzene rings is 3. The van der Waals surface area contributed by atoms with Gasteiger partial charge in [-0.1, -0.05) is 48.0 Å². The minimum atomic E-state index is -0.240. The molecule has 4 aromatic rings. The molecule has 136 valence electrons. The number of aryl methyl sites for hydroxylation is 1. The normalized spacial score (nSPS) is 12.2. The fraction of sp³-hybridized carbons (Fsp3) is 0.174. The SMILES string of the molecule is Cc1ccc(OCC(C)NC(=O)c2cc3c(ccc4ccccc43)o2)cc1. The van der Waals surface area contributed by atoms with Gasteiger partial charge in [0.05, 0.1) is 6.04 Å². The standard InChI is InChI=1S/C23H21NO3/c1-15-7-10-18(11-8-15)26-14-16(2)24-23(25)22-13-20-19-6-4-3-5-17(19)9-12-21(20)27-22/h3-13,16H,14H2,1-2H3,(H,24,25). The average Bonchev–Trinajstić information content (AvgIpc) is 3.12. The number of fused-ring (bicyclic) bond motifs is 3. The van der Waals surface area contributed by atoms with Crippen molar-refractivity contribution in [3.05, 3.63) is 78.1 Å². The highest BCUT2D eigenvalue weighted by Gasteiger charge is 2.16. The minimum absolute atomic E-state index is 0.149. The van der Waals surface area contributed by atoms with Crippen LogP contribution in [0.3, 0.4) is 0 Å². The maximum absolute atomic E-state index is 12.6. The number of hydrogen-bond acceptors (Lipinski definition) is 3. The molecule has 1 heterocycles. The zero-order valence-electron chi connectivity index (χ0n) is 15.4. The van der Waals surface area contributed by atoms with Gasteiger partial charge in [-0.3, -0.25) is 4.79 Å². The van der Waals surface area contributed by atoms with Gasteiger partial charge in [0.2, 0.25) is 0 Å². The van der Waals surface area contributed by atoms with E-state index in [-0.39, 0.29) is 11.9 Å². The van der Waals surface area contributed by atoms with Gasteiger partial charge in [-0.2, -0.15) is 0 Å². The molecule has 3 aromatic carbocycles. The molecule has 0 radical (unpaired) electrons. The lowest BCUT2D eigenvalue weighted by atomic mass is 10.1. The lowest BCUT2D eigenvalue weighted by molar-refractivity contribution is 0.0901. The molecule has 27 heavy (non-hydrogen) atoms. The smallest absolute Gasteiger partial charge is 0.287 e. The number of ether oxygens (including phenoxy) is 1. The Labute approximate surface area is 157 Å². The molecule has 0 saturated carbocycles. The highest BCUT2D eigenvalue weighted by Crippen LogP contribution is 2.28. The molecule has 0 bridgehead atoms. The van der Waals surface area contributed by atoms with Crippen molar-refractivity contribution in [3.63, 3.8) is 0 Å². The summed E-state index contributed by atoms with van der Waals surface area (Å²) in [6.07, 6.45) is 0. The van der Waals surface area contributed by atoms with Crippen LogP contribution in [0.4, 0.5) is 0 Å². The Morgan fingerprint density at radius 2 is 1.81 bits per heavy atom. The first-order valence-electron chi connectivity index (χ1n) is 9.02. The van der Waals surface area contributed by atoms with Crippen LogP contribution in [0.5, 0.6) is 5.75 Å². The summed E-state index contributed by atoms with van der Waals surface area (Å²) in [6.45, 7) is 4.32. The Morgan fingerprint density at radius 3 is 2.63 bits per heavy atom. The van der Waals surface area contributed by atoms with E-state index in [0.29, 0.717) is 18.0 Å². The Kier molecular flexibility index (Phi) is 4.55. The Balaban J connectivity index is 1.46. The van der Waals surface area contributed by atoms with E-state index in [4.69, 9.17) is 9.15 Å². The van der Waals surface area contributed by atoms with Gasteiger partial charge < -0.3 is 14.5 Å². The van der Waals surface area contributed by atoms with Gasteiger partial charge in [0.15, 0.2) is 5.76 Å². The highest BCUT2D eigenvalue weighted by atomic mass is 16.5. The van der Waals surface area contributed by atoms with E-state index in [1.54, 1.807) is 6.07 Å². The molecule has 0 aliphatic carbocycles. The van der Waals surface area contributed by atoms with Crippen molar-refractivity contribution in [1.82, 2.24) is 5.32 Å². The van der Waals surface area contributed by atoms with E-state index < -0.39 is 0 Å². The molecule has 0 saturated heterocycles. The fourth-order valence-corrected chi connectivity index (χ4v) is 3.10. The summed E-state index contributed by atoms with van der Waals surface area (Å²) in [7, 11) is 0. The largest absolute Gasteiger partial charge is 0.491 e. The molecule has 4 rings (SSSR count). The summed E-state index contributed by atoms with van der Waals surface area (Å²) in [5.74, 6) is 0.857. The molecule has 1 aromatic heterocycles. The second kappa shape index (κ2) is 7.16. The maximum Gasteiger partial charge on any atom is 0.287 e. The van der Waals surface area contributed by atoms with Crippen LogP contribution >= 0.6 is 0 Å². The lowest BCUT2D eigenvalue weighted by Gasteiger charge is -2.14. The molecule has 4 nitrogen and oxygen atoms in total. The van der Waals surface area contributed by atoms with Crippen molar-refractivity contribution in [2.75, 3.05) is 6.61 Å². The quantitative estimate of drug-likeness (QED) is 0.540. The van der Waals surface area contributed by atoms with E-state index in [0.717, 1.165) is 21.9 Å². The van der Waals surface area contributed by atoms with Gasteiger partial charge in [0.1, 0.15) is 17.9 Å². The second-order valence-corrected chi connectivity index (χ2v) is 6.81. The predicted molar refractivity (Wildman–Crippen MR) is 107 cm³/mol. The van der Waals surface area contributed by atoms with Crippen LogP contribution in [0.25, 0.3) is 21.7 Å². The molecule has 4 heteroatoms. The number of nitrogens with one attached hydrogen (secondary N) is 1. The zero-order valence-corrected chi connectivity index (χ0v) is 15.4. The number of carbonyl (C=O) groups excluding carboxylic acids is 1. The molecule has 1 N–H and O–H groups in total. The van der Waals surface area contributed by atoms with Gasteiger partial charge in [-0.05, 0) is 48.9 Å². The van der Waals surface area contributed by atoms with E-state index in [9.17, 15) is 4.79 Å². The molecule has 1 amide bonds. The first-order chi connectivity index (χ1) is 13.1. The third kappa shape index (κ3) is 3.65. The van der Waals surface area contributed by atoms with Crippen LogP contribution in [0.2, 0.25) is 0 Å². The Bertz CT molecular complexity index is 1100. The monoisotopic (exact) mass is 359 g/mol. The second-order valence-electron chi connectivity index (χ2n) is 6.81. The van der Waals surface area contributed by atoms with Gasteiger partial charge >= 0.3 is 0 Å². The molecule has 0 aliphatic heterocycles. The van der Waals surface area contributed by atoms with E-state index in [1.165, 1.54) is 5.56 Å². The summed E-state index contributed by atoms with van der Waals surface area (Å²) in [5, 5.41) is 6.08. The zero-order chi connectivity index (χ0) is 18.8. The van der Waals surface area contributed by atoms with Crippen LogP contribution in [0.15, 0.2) is 71.1 Å². The number of furan rings is 1. The van der Waals surface area contributed by atoms with Crippen molar-refractivity contribution in [1.29, 1.82) is 0 Å². The van der Waals surface area contributed by atoms with Crippen molar-refractivity contribution in [2.24, 2.45) is 0 Å². The van der Waals surface area contributed by atoms with Crippen molar-refractivity contribution in [3.8, 4) is 5.75 Å². The van der Waals surface area contributed by atoms with Crippen LogP contribution < -0.4 is 10.1 Å². The highest BCUT2D eigenvalue weighted by molar-refractivity contribution is 6.08. The summed E-state index contributed by atoms with van der Waals surface area (Å²) in [6, 6.07) is 21.5. The molecule has 1 atom stereocenters. The van der Waals surface area contributed by atoms with Crippen molar-refractivity contribution >= 4 is 27.6 Å². The average molecular weight is 359 g/mol. The van der Waals surface area contributed by atoms with Crippen molar-refractivity contribution in [2.45, 2.75) is 19.9 Å². The summed E-state index contributed by atoms with van der Waals surface area (Å²) in [4.78, 5) is 12.6. The lowest BCUT2D eigenvalue weighted by Crippen LogP contribution is -2.36. The molecule has 0 fully saturated rings. The van der Waals surface area contributed by atoms with Gasteiger partial charge in [0, 0.05) is 5.39 Å². The van der Waals surface area contributed by atoms with Crippen molar-refractivity contribution < 1.29 is 13.9 Å². The number of amides is 1. The number of rotatable bonds is 5. The minimum Gasteiger partial charge on any atom is -0.491 e. The summed E-state index contributed by atoms with van der Waals surface area (Å²) < 4.78 is 11.5. The molecule has 1 unspecified atom stereocenters. The Hall–Kier alpha value is -3.27. The third-order valence-electron chi connectivity index (χ3n) is 4.55. The molecular weight excluding hydrogens is 338 g/mol. The van der Waals surface area contributed by atoms with Gasteiger partial charge in [-0.15, -0.1) is 0 Å². The first kappa shape index (κ1) is 17.2. The summed E-state index contributed by atoms with van der Waals surface area (Å²) in [5.41, 5.74) is 1.89. The van der Waals surface area contributed by atoms with Crippen LogP contribution in [0.1, 0.15) is 23.0 Å². The fourth-order valence-electron chi connectivity index (χ4n) is 3.10. The van der Waals surface area contributed by atoms with E-state index in [1.807, 2.05) is 74.5 Å². The number of carbonyl (C=O) groups is 1. The van der Waals surface area contributed by atoms with E-state index >= 15 is 0 Å². The molecular formula is C23H21NO3. The number of hydrogen-bond donors (Lipinski definition) is 1. The summed E-state index contributed by atoms with van der Waals surface area (Å²) >= 11 is 0. The van der Waals surface area contributed by atoms with Gasteiger partial charge in [-0.25, -0.2) is 0 Å². The van der Waals surface area contributed by atoms with E-state index in [2.05, 4.69) is 5.32 Å². The molecule has 0 spiro atoms. The predicted octanol–water partition coefficient (Wildman–Crippen LogP) is 5.09. The first-order valence-corrected chi connectivity index (χ1v) is 9.02. The maximum atomic E-state index is 12.6. The van der Waals surface area contributed by atoms with Gasteiger partial charge in [0.25, 0.3) is 5.91 Å². The third-order valence-corrected chi connectivity index (χ3v) is 4.55. The Morgan fingerprint density at radius 1 is 1.04 bits per heavy atom. The van der Waals surface area contributed by atoms with Crippen LogP contribution in [-0.2, 0) is 0 Å².